The molecule has 7 nitrogen and oxygen atoms in total. The van der Waals surface area contributed by atoms with E-state index in [9.17, 15) is 0 Å². The Bertz CT molecular complexity index is 888. The number of likely N-dealkylation sites (tertiary alicyclic amines) is 1. The second-order valence-corrected chi connectivity index (χ2v) is 7.19. The summed E-state index contributed by atoms with van der Waals surface area (Å²) in [5.74, 6) is 1.95. The van der Waals surface area contributed by atoms with Gasteiger partial charge >= 0.3 is 0 Å². The van der Waals surface area contributed by atoms with Crippen LogP contribution >= 0.6 is 0 Å². The van der Waals surface area contributed by atoms with Gasteiger partial charge in [-0.3, -0.25) is 4.90 Å². The number of piperidine rings is 1. The van der Waals surface area contributed by atoms with Crippen LogP contribution in [0.1, 0.15) is 37.1 Å². The van der Waals surface area contributed by atoms with Gasteiger partial charge in [0.05, 0.1) is 12.3 Å². The third-order valence-corrected chi connectivity index (χ3v) is 5.30. The number of hydrogen-bond acceptors (Lipinski definition) is 6. The standard InChI is InChI=1S/C21H24N4O3/c1-14-12-16(22-3)13-23-20(14)28-17-6-8-25(9-7-17)15(2)18-4-5-19-21(24-18)27-11-10-26-19/h4-5,12-13,15,17H,6-11H2,1-2H3. The highest BCUT2D eigenvalue weighted by Crippen LogP contribution is 2.32. The number of aromatic nitrogens is 2. The van der Waals surface area contributed by atoms with Crippen LogP contribution < -0.4 is 14.2 Å². The van der Waals surface area contributed by atoms with Crippen LogP contribution in [0.2, 0.25) is 0 Å². The molecule has 0 N–H and O–H groups in total. The van der Waals surface area contributed by atoms with Crippen LogP contribution in [-0.2, 0) is 0 Å². The second kappa shape index (κ2) is 8.03. The topological polar surface area (TPSA) is 61.1 Å². The first kappa shape index (κ1) is 18.5. The van der Waals surface area contributed by atoms with Gasteiger partial charge in [0.15, 0.2) is 5.75 Å². The molecule has 2 aliphatic rings. The molecule has 0 spiro atoms. The van der Waals surface area contributed by atoms with Crippen LogP contribution in [0.25, 0.3) is 4.85 Å². The largest absolute Gasteiger partial charge is 0.484 e. The van der Waals surface area contributed by atoms with Gasteiger partial charge in [-0.1, -0.05) is 0 Å². The predicted molar refractivity (Wildman–Crippen MR) is 104 cm³/mol. The molecule has 7 heteroatoms. The summed E-state index contributed by atoms with van der Waals surface area (Å²) < 4.78 is 17.3. The molecule has 2 aliphatic heterocycles. The van der Waals surface area contributed by atoms with Gasteiger partial charge in [-0.15, -0.1) is 0 Å². The van der Waals surface area contributed by atoms with Crippen LogP contribution in [0.15, 0.2) is 24.4 Å². The number of ether oxygens (including phenoxy) is 3. The fraction of sp³-hybridized carbons (Fsp3) is 0.476. The lowest BCUT2D eigenvalue weighted by atomic mass is 10.0. The van der Waals surface area contributed by atoms with Crippen molar-refractivity contribution in [2.75, 3.05) is 26.3 Å². The number of aryl methyl sites for hydroxylation is 1. The van der Waals surface area contributed by atoms with Crippen molar-refractivity contribution in [1.29, 1.82) is 0 Å². The number of rotatable bonds is 4. The second-order valence-electron chi connectivity index (χ2n) is 7.19. The van der Waals surface area contributed by atoms with E-state index in [1.54, 1.807) is 6.20 Å². The zero-order valence-electron chi connectivity index (χ0n) is 16.2. The molecule has 0 saturated carbocycles. The van der Waals surface area contributed by atoms with Crippen LogP contribution in [0.5, 0.6) is 17.5 Å². The van der Waals surface area contributed by atoms with Crippen molar-refractivity contribution >= 4 is 5.69 Å². The molecule has 28 heavy (non-hydrogen) atoms. The number of nitrogens with zero attached hydrogens (tertiary/aromatic N) is 4. The number of hydrogen-bond donors (Lipinski definition) is 0. The van der Waals surface area contributed by atoms with Gasteiger partial charge in [0, 0.05) is 30.9 Å². The van der Waals surface area contributed by atoms with Gasteiger partial charge in [-0.2, -0.15) is 0 Å². The van der Waals surface area contributed by atoms with Crippen molar-refractivity contribution in [2.45, 2.75) is 38.8 Å². The maximum Gasteiger partial charge on any atom is 0.257 e. The van der Waals surface area contributed by atoms with Gasteiger partial charge < -0.3 is 14.2 Å². The summed E-state index contributed by atoms with van der Waals surface area (Å²) in [6.07, 6.45) is 3.57. The normalized spacial score (nSPS) is 18.3. The molecule has 1 saturated heterocycles. The minimum Gasteiger partial charge on any atom is -0.484 e. The molecular weight excluding hydrogens is 356 g/mol. The fourth-order valence-corrected chi connectivity index (χ4v) is 3.64. The Hall–Kier alpha value is -2.85. The quantitative estimate of drug-likeness (QED) is 0.754. The van der Waals surface area contributed by atoms with Crippen LogP contribution in [0.3, 0.4) is 0 Å². The molecule has 0 radical (unpaired) electrons. The highest BCUT2D eigenvalue weighted by molar-refractivity contribution is 5.46. The van der Waals surface area contributed by atoms with E-state index in [0.29, 0.717) is 30.7 Å². The molecule has 1 unspecified atom stereocenters. The number of pyridine rings is 2. The van der Waals surface area contributed by atoms with Crippen molar-refractivity contribution < 1.29 is 14.2 Å². The van der Waals surface area contributed by atoms with Gasteiger partial charge in [-0.25, -0.2) is 14.8 Å². The summed E-state index contributed by atoms with van der Waals surface area (Å²) in [5, 5.41) is 0. The lowest BCUT2D eigenvalue weighted by Gasteiger charge is -2.36. The summed E-state index contributed by atoms with van der Waals surface area (Å²) in [5.41, 5.74) is 2.45. The van der Waals surface area contributed by atoms with E-state index in [2.05, 4.69) is 26.6 Å². The molecular formula is C21H24N4O3. The van der Waals surface area contributed by atoms with Crippen molar-refractivity contribution in [2.24, 2.45) is 0 Å². The maximum absolute atomic E-state index is 7.07. The average molecular weight is 380 g/mol. The van der Waals surface area contributed by atoms with E-state index < -0.39 is 0 Å². The van der Waals surface area contributed by atoms with E-state index in [1.165, 1.54) is 0 Å². The molecule has 1 atom stereocenters. The molecule has 0 aromatic carbocycles. The van der Waals surface area contributed by atoms with Crippen LogP contribution in [-0.4, -0.2) is 47.3 Å². The monoisotopic (exact) mass is 380 g/mol. The molecule has 4 rings (SSSR count). The van der Waals surface area contributed by atoms with E-state index in [4.69, 9.17) is 20.8 Å². The third kappa shape index (κ3) is 3.87. The molecule has 0 aliphatic carbocycles. The van der Waals surface area contributed by atoms with Crippen molar-refractivity contribution in [3.05, 3.63) is 47.1 Å². The first-order chi connectivity index (χ1) is 13.6. The van der Waals surface area contributed by atoms with Gasteiger partial charge in [0.2, 0.25) is 11.6 Å². The molecule has 2 aromatic rings. The molecule has 2 aromatic heterocycles. The van der Waals surface area contributed by atoms with Crippen molar-refractivity contribution in [3.63, 3.8) is 0 Å². The third-order valence-electron chi connectivity index (χ3n) is 5.30. The van der Waals surface area contributed by atoms with Crippen LogP contribution in [0, 0.1) is 13.5 Å². The zero-order valence-corrected chi connectivity index (χ0v) is 16.2. The Morgan fingerprint density at radius 2 is 2.04 bits per heavy atom. The smallest absolute Gasteiger partial charge is 0.257 e. The van der Waals surface area contributed by atoms with Gasteiger partial charge in [-0.05, 0) is 44.9 Å². The first-order valence-electron chi connectivity index (χ1n) is 9.65. The minimum atomic E-state index is 0.140. The van der Waals surface area contributed by atoms with Crippen molar-refractivity contribution in [1.82, 2.24) is 14.9 Å². The average Bonchev–Trinajstić information content (AvgIpc) is 2.75. The predicted octanol–water partition coefficient (Wildman–Crippen LogP) is 3.71. The molecule has 146 valence electrons. The summed E-state index contributed by atoms with van der Waals surface area (Å²) in [7, 11) is 0. The van der Waals surface area contributed by atoms with E-state index in [0.717, 1.165) is 42.9 Å². The summed E-state index contributed by atoms with van der Waals surface area (Å²) in [6.45, 7) is 14.2. The maximum atomic E-state index is 7.07. The highest BCUT2D eigenvalue weighted by atomic mass is 16.6. The summed E-state index contributed by atoms with van der Waals surface area (Å²) in [4.78, 5) is 14.8. The minimum absolute atomic E-state index is 0.140. The summed E-state index contributed by atoms with van der Waals surface area (Å²) >= 11 is 0. The number of fused-ring (bicyclic) bond motifs is 1. The lowest BCUT2D eigenvalue weighted by molar-refractivity contribution is 0.0748. The lowest BCUT2D eigenvalue weighted by Crippen LogP contribution is -2.40. The fourth-order valence-electron chi connectivity index (χ4n) is 3.64. The van der Waals surface area contributed by atoms with Gasteiger partial charge in [0.25, 0.3) is 5.88 Å². The molecule has 0 amide bonds. The first-order valence-corrected chi connectivity index (χ1v) is 9.65. The van der Waals surface area contributed by atoms with Crippen molar-refractivity contribution in [3.8, 4) is 17.5 Å². The van der Waals surface area contributed by atoms with E-state index in [1.807, 2.05) is 25.1 Å². The van der Waals surface area contributed by atoms with E-state index in [-0.39, 0.29) is 12.1 Å². The van der Waals surface area contributed by atoms with E-state index >= 15 is 0 Å². The Morgan fingerprint density at radius 1 is 1.25 bits per heavy atom. The molecule has 0 bridgehead atoms. The SMILES string of the molecule is [C-]#[N+]c1cnc(OC2CCN(C(C)c3ccc4c(n3)OCCO4)CC2)c(C)c1. The highest BCUT2D eigenvalue weighted by Gasteiger charge is 2.27. The molecule has 1 fully saturated rings. The summed E-state index contributed by atoms with van der Waals surface area (Å²) in [6, 6.07) is 5.99. The Labute approximate surface area is 165 Å². The Morgan fingerprint density at radius 3 is 2.79 bits per heavy atom. The van der Waals surface area contributed by atoms with Gasteiger partial charge in [0.1, 0.15) is 19.3 Å². The Kier molecular flexibility index (Phi) is 5.31. The zero-order chi connectivity index (χ0) is 19.5. The Balaban J connectivity index is 1.35. The molecule has 4 heterocycles. The van der Waals surface area contributed by atoms with Crippen LogP contribution in [0.4, 0.5) is 5.69 Å².